The second-order valence-electron chi connectivity index (χ2n) is 2.54. The molecule has 4 N–H and O–H groups in total. The van der Waals surface area contributed by atoms with Crippen LogP contribution in [0, 0.1) is 5.21 Å². The number of nitrogens with zero attached hydrogens (tertiary/aromatic N) is 2. The highest BCUT2D eigenvalue weighted by Gasteiger charge is 2.00. The van der Waals surface area contributed by atoms with E-state index in [9.17, 15) is 5.21 Å². The SMILES string of the molecule is Nc1cc2ncn([O-])c2cc1N. The third-order valence-electron chi connectivity index (χ3n) is 1.72. The Morgan fingerprint density at radius 1 is 1.25 bits per heavy atom. The molecule has 2 aromatic rings. The standard InChI is InChI=1S/C7H7N4O/c8-4-1-6-7(2-5(4)9)11(12)3-10-6/h1-3H,8-9H2/q-1. The molecule has 1 aromatic carbocycles. The molecule has 0 fully saturated rings. The molecule has 0 atom stereocenters. The number of imidazole rings is 1. The van der Waals surface area contributed by atoms with Gasteiger partial charge in [-0.15, -0.1) is 0 Å². The van der Waals surface area contributed by atoms with Gasteiger partial charge in [-0.25, -0.2) is 4.98 Å². The zero-order chi connectivity index (χ0) is 8.72. The van der Waals surface area contributed by atoms with E-state index >= 15 is 0 Å². The van der Waals surface area contributed by atoms with E-state index in [4.69, 9.17) is 11.5 Å². The van der Waals surface area contributed by atoms with Gasteiger partial charge in [-0.1, -0.05) is 0 Å². The Bertz CT molecular complexity index is 434. The molecule has 62 valence electrons. The third kappa shape index (κ3) is 0.763. The van der Waals surface area contributed by atoms with Crippen LogP contribution in [-0.4, -0.2) is 9.71 Å². The van der Waals surface area contributed by atoms with E-state index in [0.717, 1.165) is 0 Å². The smallest absolute Gasteiger partial charge is 0.0911 e. The number of nitrogen functional groups attached to an aromatic ring is 2. The maximum Gasteiger partial charge on any atom is 0.0911 e. The fourth-order valence-electron chi connectivity index (χ4n) is 1.07. The first-order valence-electron chi connectivity index (χ1n) is 3.38. The summed E-state index contributed by atoms with van der Waals surface area (Å²) in [5.41, 5.74) is 12.9. The Hall–Kier alpha value is -1.91. The summed E-state index contributed by atoms with van der Waals surface area (Å²) in [5, 5.41) is 11.0. The van der Waals surface area contributed by atoms with E-state index in [0.29, 0.717) is 27.1 Å². The van der Waals surface area contributed by atoms with Gasteiger partial charge in [0.15, 0.2) is 0 Å². The quantitative estimate of drug-likeness (QED) is 0.554. The second kappa shape index (κ2) is 2.04. The maximum absolute atomic E-state index is 11.0. The molecule has 0 spiro atoms. The van der Waals surface area contributed by atoms with Crippen molar-refractivity contribution in [3.05, 3.63) is 23.7 Å². The summed E-state index contributed by atoms with van der Waals surface area (Å²) in [7, 11) is 0. The number of aromatic nitrogens is 2. The van der Waals surface area contributed by atoms with Crippen molar-refractivity contribution in [2.75, 3.05) is 11.5 Å². The molecule has 1 heterocycles. The van der Waals surface area contributed by atoms with Crippen LogP contribution in [0.1, 0.15) is 0 Å². The van der Waals surface area contributed by atoms with Crippen LogP contribution in [0.4, 0.5) is 11.4 Å². The average Bonchev–Trinajstić information content (AvgIpc) is 2.35. The third-order valence-corrected chi connectivity index (χ3v) is 1.72. The Balaban J connectivity index is 2.87. The predicted molar refractivity (Wildman–Crippen MR) is 47.3 cm³/mol. The molecule has 5 nitrogen and oxygen atoms in total. The zero-order valence-electron chi connectivity index (χ0n) is 6.19. The molecule has 12 heavy (non-hydrogen) atoms. The first-order valence-corrected chi connectivity index (χ1v) is 3.38. The van der Waals surface area contributed by atoms with Crippen molar-refractivity contribution >= 4 is 22.4 Å². The monoisotopic (exact) mass is 163 g/mol. The summed E-state index contributed by atoms with van der Waals surface area (Å²) >= 11 is 0. The molecular formula is C7H7N4O-. The fraction of sp³-hybridized carbons (Fsp3) is 0. The minimum atomic E-state index is 0.403. The molecule has 0 unspecified atom stereocenters. The molecule has 2 rings (SSSR count). The molecular weight excluding hydrogens is 156 g/mol. The molecule has 5 heteroatoms. The van der Waals surface area contributed by atoms with Crippen LogP contribution in [0.2, 0.25) is 0 Å². The molecule has 0 bridgehead atoms. The van der Waals surface area contributed by atoms with Crippen molar-refractivity contribution in [3.63, 3.8) is 0 Å². The number of hydrogen-bond donors (Lipinski definition) is 2. The van der Waals surface area contributed by atoms with Crippen molar-refractivity contribution in [2.45, 2.75) is 0 Å². The second-order valence-corrected chi connectivity index (χ2v) is 2.54. The van der Waals surface area contributed by atoms with Crippen LogP contribution in [-0.2, 0) is 0 Å². The minimum absolute atomic E-state index is 0.403. The summed E-state index contributed by atoms with van der Waals surface area (Å²) in [6, 6.07) is 3.10. The molecule has 0 saturated carbocycles. The normalized spacial score (nSPS) is 10.7. The molecule has 0 aliphatic heterocycles. The number of rotatable bonds is 0. The fourth-order valence-corrected chi connectivity index (χ4v) is 1.07. The summed E-state index contributed by atoms with van der Waals surface area (Å²) in [5.74, 6) is 0. The topological polar surface area (TPSA) is 92.9 Å². The van der Waals surface area contributed by atoms with Gasteiger partial charge in [0.25, 0.3) is 0 Å². The van der Waals surface area contributed by atoms with Gasteiger partial charge in [-0.3, -0.25) is 0 Å². The summed E-state index contributed by atoms with van der Waals surface area (Å²) in [6.45, 7) is 0. The number of benzene rings is 1. The van der Waals surface area contributed by atoms with Crippen LogP contribution < -0.4 is 11.5 Å². The van der Waals surface area contributed by atoms with Crippen molar-refractivity contribution < 1.29 is 0 Å². The van der Waals surface area contributed by atoms with Crippen LogP contribution in [0.15, 0.2) is 18.5 Å². The van der Waals surface area contributed by atoms with Gasteiger partial charge in [-0.05, 0) is 12.1 Å². The number of anilines is 2. The average molecular weight is 163 g/mol. The summed E-state index contributed by atoms with van der Waals surface area (Å²) < 4.78 is 0.658. The largest absolute Gasteiger partial charge is 0.805 e. The van der Waals surface area contributed by atoms with E-state index in [2.05, 4.69) is 4.98 Å². The lowest BCUT2D eigenvalue weighted by molar-refractivity contribution is 1.11. The van der Waals surface area contributed by atoms with Crippen molar-refractivity contribution in [1.82, 2.24) is 9.71 Å². The van der Waals surface area contributed by atoms with Crippen LogP contribution in [0.3, 0.4) is 0 Å². The Morgan fingerprint density at radius 3 is 2.67 bits per heavy atom. The first kappa shape index (κ1) is 6.78. The molecule has 0 aliphatic carbocycles. The van der Waals surface area contributed by atoms with Gasteiger partial charge in [0, 0.05) is 0 Å². The minimum Gasteiger partial charge on any atom is -0.805 e. The first-order chi connectivity index (χ1) is 5.68. The number of fused-ring (bicyclic) bond motifs is 1. The highest BCUT2D eigenvalue weighted by atomic mass is 16.5. The van der Waals surface area contributed by atoms with Crippen LogP contribution in [0.25, 0.3) is 11.0 Å². The predicted octanol–water partition coefficient (Wildman–Crippen LogP) is 0.547. The van der Waals surface area contributed by atoms with E-state index in [1.807, 2.05) is 0 Å². The van der Waals surface area contributed by atoms with Crippen LogP contribution >= 0.6 is 0 Å². The molecule has 0 aliphatic rings. The lowest BCUT2D eigenvalue weighted by Crippen LogP contribution is -1.94. The lowest BCUT2D eigenvalue weighted by atomic mass is 10.2. The van der Waals surface area contributed by atoms with E-state index in [-0.39, 0.29) is 0 Å². The highest BCUT2D eigenvalue weighted by molar-refractivity contribution is 5.86. The van der Waals surface area contributed by atoms with E-state index < -0.39 is 0 Å². The highest BCUT2D eigenvalue weighted by Crippen LogP contribution is 2.21. The van der Waals surface area contributed by atoms with Gasteiger partial charge in [0.1, 0.15) is 0 Å². The van der Waals surface area contributed by atoms with Crippen molar-refractivity contribution in [3.8, 4) is 0 Å². The summed E-state index contributed by atoms with van der Waals surface area (Å²) in [4.78, 5) is 3.84. The van der Waals surface area contributed by atoms with Gasteiger partial charge >= 0.3 is 0 Å². The lowest BCUT2D eigenvalue weighted by Gasteiger charge is -2.06. The van der Waals surface area contributed by atoms with Gasteiger partial charge < -0.3 is 21.4 Å². The van der Waals surface area contributed by atoms with Crippen LogP contribution in [0.5, 0.6) is 0 Å². The Kier molecular flexibility index (Phi) is 1.15. The van der Waals surface area contributed by atoms with Gasteiger partial charge in [-0.2, -0.15) is 0 Å². The summed E-state index contributed by atoms with van der Waals surface area (Å²) in [6.07, 6.45) is 1.18. The van der Waals surface area contributed by atoms with Crippen molar-refractivity contribution in [2.24, 2.45) is 0 Å². The van der Waals surface area contributed by atoms with Gasteiger partial charge in [0.05, 0.1) is 28.7 Å². The molecule has 0 amide bonds. The van der Waals surface area contributed by atoms with Crippen molar-refractivity contribution in [1.29, 1.82) is 0 Å². The molecule has 0 radical (unpaired) electrons. The zero-order valence-corrected chi connectivity index (χ0v) is 6.19. The maximum atomic E-state index is 11.0. The Labute approximate surface area is 68.2 Å². The molecule has 0 saturated heterocycles. The Morgan fingerprint density at radius 2 is 1.92 bits per heavy atom. The van der Waals surface area contributed by atoms with E-state index in [1.54, 1.807) is 6.07 Å². The number of nitrogens with two attached hydrogens (primary N) is 2. The van der Waals surface area contributed by atoms with Gasteiger partial charge in [0.2, 0.25) is 0 Å². The molecule has 1 aromatic heterocycles. The van der Waals surface area contributed by atoms with E-state index in [1.165, 1.54) is 12.4 Å². The number of hydrogen-bond acceptors (Lipinski definition) is 4.